The number of carbonyl (C=O) groups excluding carboxylic acids is 3. The maximum absolute atomic E-state index is 13.2. The second-order valence-electron chi connectivity index (χ2n) is 10.6. The predicted octanol–water partition coefficient (Wildman–Crippen LogP) is 1.95. The number of esters is 1. The van der Waals surface area contributed by atoms with Crippen LogP contribution in [0.4, 0.5) is 17.1 Å². The zero-order valence-corrected chi connectivity index (χ0v) is 26.1. The smallest absolute Gasteiger partial charge is 0.414 e. The number of hydrogen-bond donors (Lipinski definition) is 4. The van der Waals surface area contributed by atoms with Crippen molar-refractivity contribution >= 4 is 58.1 Å². The molecule has 14 heteroatoms. The van der Waals surface area contributed by atoms with Gasteiger partial charge in [-0.3, -0.25) is 14.5 Å². The monoisotopic (exact) mass is 647 g/mol. The summed E-state index contributed by atoms with van der Waals surface area (Å²) in [5.41, 5.74) is 5.10. The van der Waals surface area contributed by atoms with E-state index < -0.39 is 17.9 Å². The van der Waals surface area contributed by atoms with Crippen LogP contribution in [0.3, 0.4) is 0 Å². The molecule has 2 heterocycles. The van der Waals surface area contributed by atoms with E-state index in [9.17, 15) is 14.4 Å². The molecule has 1 saturated heterocycles. The lowest BCUT2D eigenvalue weighted by molar-refractivity contribution is -0.159. The Labute approximate surface area is 271 Å². The largest absolute Gasteiger partial charge is 0.473 e. The standard InChI is InChI=1S/C31H33N5O4.C2H2O4.H2O/c1-34-15-17-36(18-16-34)20-27(37)35(2)24-12-10-23(11-13-24)32-29(21-7-5-4-6-8-21)28-25-14-9-22(31(39)40-3)19-26(25)33-30(28)38;3-1(4)2(5)6;/h4-14,19,32H,15-18,20H2,1-3H3,(H,33,38);(H,3,4)(H,5,6);1H2/b29-28-;;. The van der Waals surface area contributed by atoms with Gasteiger partial charge in [0.25, 0.3) is 5.91 Å². The maximum atomic E-state index is 13.2. The highest BCUT2D eigenvalue weighted by molar-refractivity contribution is 6.37. The Morgan fingerprint density at radius 2 is 1.51 bits per heavy atom. The van der Waals surface area contributed by atoms with E-state index in [-0.39, 0.29) is 17.3 Å². The van der Waals surface area contributed by atoms with Crippen molar-refractivity contribution in [1.29, 1.82) is 0 Å². The van der Waals surface area contributed by atoms with E-state index in [2.05, 4.69) is 27.5 Å². The SMILES string of the molecule is COC(=O)c1ccc2c(c1)NC(=O)/C2=C(\Nc1ccc(N(C)C(=O)CN2CCN(C)CC2)cc1)c1ccccc1.O.O=C(O)C(=O)O. The van der Waals surface area contributed by atoms with E-state index in [4.69, 9.17) is 24.5 Å². The number of piperazine rings is 1. The van der Waals surface area contributed by atoms with E-state index in [0.29, 0.717) is 34.6 Å². The number of carbonyl (C=O) groups is 5. The van der Waals surface area contributed by atoms with Crippen LogP contribution in [0.2, 0.25) is 0 Å². The van der Waals surface area contributed by atoms with Crippen molar-refractivity contribution in [3.8, 4) is 0 Å². The Hall–Kier alpha value is -5.57. The predicted molar refractivity (Wildman–Crippen MR) is 176 cm³/mol. The Balaban J connectivity index is 0.000000785. The fourth-order valence-electron chi connectivity index (χ4n) is 4.91. The Morgan fingerprint density at radius 1 is 0.894 bits per heavy atom. The van der Waals surface area contributed by atoms with Crippen molar-refractivity contribution in [2.24, 2.45) is 0 Å². The summed E-state index contributed by atoms with van der Waals surface area (Å²) in [6.45, 7) is 4.09. The lowest BCUT2D eigenvalue weighted by Crippen LogP contribution is -2.48. The van der Waals surface area contributed by atoms with Crippen LogP contribution in [-0.4, -0.2) is 109 Å². The van der Waals surface area contributed by atoms with Crippen LogP contribution in [-0.2, 0) is 23.9 Å². The molecule has 0 radical (unpaired) electrons. The minimum atomic E-state index is -1.82. The number of nitrogens with zero attached hydrogens (tertiary/aromatic N) is 3. The summed E-state index contributed by atoms with van der Waals surface area (Å²) in [4.78, 5) is 62.5. The highest BCUT2D eigenvalue weighted by Gasteiger charge is 2.29. The molecule has 0 unspecified atom stereocenters. The number of amides is 2. The number of carboxylic acids is 2. The summed E-state index contributed by atoms with van der Waals surface area (Å²) in [7, 11) is 5.21. The second-order valence-corrected chi connectivity index (χ2v) is 10.6. The number of hydrogen-bond acceptors (Lipinski definition) is 9. The normalized spacial score (nSPS) is 15.1. The fraction of sp³-hybridized carbons (Fsp3) is 0.242. The van der Waals surface area contributed by atoms with Gasteiger partial charge >= 0.3 is 17.9 Å². The molecule has 3 aromatic carbocycles. The Kier molecular flexibility index (Phi) is 12.3. The van der Waals surface area contributed by atoms with E-state index in [1.54, 1.807) is 30.1 Å². The number of fused-ring (bicyclic) bond motifs is 1. The molecule has 248 valence electrons. The molecule has 47 heavy (non-hydrogen) atoms. The number of nitrogens with one attached hydrogen (secondary N) is 2. The third-order valence-electron chi connectivity index (χ3n) is 7.53. The van der Waals surface area contributed by atoms with Gasteiger partial charge < -0.3 is 40.9 Å². The van der Waals surface area contributed by atoms with Gasteiger partial charge in [0.15, 0.2) is 0 Å². The van der Waals surface area contributed by atoms with Crippen molar-refractivity contribution in [2.45, 2.75) is 0 Å². The number of carboxylic acid groups (broad SMARTS) is 2. The molecule has 14 nitrogen and oxygen atoms in total. The number of ether oxygens (including phenoxy) is 1. The zero-order chi connectivity index (χ0) is 33.4. The number of rotatable bonds is 7. The van der Waals surface area contributed by atoms with Gasteiger partial charge in [-0.15, -0.1) is 0 Å². The summed E-state index contributed by atoms with van der Waals surface area (Å²) in [5, 5.41) is 21.1. The van der Waals surface area contributed by atoms with Crippen LogP contribution >= 0.6 is 0 Å². The van der Waals surface area contributed by atoms with Gasteiger partial charge in [-0.2, -0.15) is 0 Å². The van der Waals surface area contributed by atoms with Gasteiger partial charge in [-0.25, -0.2) is 14.4 Å². The second kappa shape index (κ2) is 16.1. The molecule has 0 atom stereocenters. The molecule has 1 fully saturated rings. The number of methoxy groups -OCH3 is 1. The topological polar surface area (TPSA) is 200 Å². The van der Waals surface area contributed by atoms with Crippen molar-refractivity contribution in [3.05, 3.63) is 89.5 Å². The van der Waals surface area contributed by atoms with E-state index in [1.807, 2.05) is 54.6 Å². The Bertz CT molecular complexity index is 1640. The first-order chi connectivity index (χ1) is 22.0. The van der Waals surface area contributed by atoms with Gasteiger partial charge in [0, 0.05) is 50.2 Å². The molecule has 0 aromatic heterocycles. The molecule has 2 aliphatic heterocycles. The van der Waals surface area contributed by atoms with Gasteiger partial charge in [0.2, 0.25) is 5.91 Å². The third kappa shape index (κ3) is 9.00. The van der Waals surface area contributed by atoms with Crippen LogP contribution in [0.25, 0.3) is 11.3 Å². The van der Waals surface area contributed by atoms with Crippen LogP contribution in [0, 0.1) is 0 Å². The molecule has 0 bridgehead atoms. The lowest BCUT2D eigenvalue weighted by Gasteiger charge is -2.32. The molecule has 0 spiro atoms. The molecule has 0 saturated carbocycles. The molecule has 2 amide bonds. The molecular formula is C33H37N5O9. The van der Waals surface area contributed by atoms with Gasteiger partial charge in [-0.05, 0) is 49.0 Å². The summed E-state index contributed by atoms with van der Waals surface area (Å²) in [6.07, 6.45) is 0. The first kappa shape index (κ1) is 35.9. The van der Waals surface area contributed by atoms with Crippen LogP contribution < -0.4 is 15.5 Å². The van der Waals surface area contributed by atoms with E-state index >= 15 is 0 Å². The van der Waals surface area contributed by atoms with Crippen LogP contribution in [0.1, 0.15) is 21.5 Å². The number of likely N-dealkylation sites (N-methyl/N-ethyl adjacent to an activating group) is 2. The van der Waals surface area contributed by atoms with Crippen LogP contribution in [0.5, 0.6) is 0 Å². The molecule has 0 aliphatic carbocycles. The summed E-state index contributed by atoms with van der Waals surface area (Å²) >= 11 is 0. The average molecular weight is 648 g/mol. The van der Waals surface area contributed by atoms with Gasteiger partial charge in [0.1, 0.15) is 0 Å². The summed E-state index contributed by atoms with van der Waals surface area (Å²) in [5.74, 6) is -4.34. The summed E-state index contributed by atoms with van der Waals surface area (Å²) in [6, 6.07) is 22.2. The van der Waals surface area contributed by atoms with Crippen LogP contribution in [0.15, 0.2) is 72.8 Å². The molecule has 2 aliphatic rings. The van der Waals surface area contributed by atoms with Crippen molar-refractivity contribution in [1.82, 2.24) is 9.80 Å². The quantitative estimate of drug-likeness (QED) is 0.166. The minimum Gasteiger partial charge on any atom is -0.473 e. The van der Waals surface area contributed by atoms with Crippen molar-refractivity contribution in [2.75, 3.05) is 69.5 Å². The number of benzene rings is 3. The fourth-order valence-corrected chi connectivity index (χ4v) is 4.91. The molecular weight excluding hydrogens is 610 g/mol. The first-order valence-electron chi connectivity index (χ1n) is 14.3. The highest BCUT2D eigenvalue weighted by Crippen LogP contribution is 2.38. The van der Waals surface area contributed by atoms with Gasteiger partial charge in [0.05, 0.1) is 36.2 Å². The van der Waals surface area contributed by atoms with Crippen molar-refractivity contribution in [3.63, 3.8) is 0 Å². The van der Waals surface area contributed by atoms with E-state index in [1.165, 1.54) is 7.11 Å². The van der Waals surface area contributed by atoms with Gasteiger partial charge in [-0.1, -0.05) is 36.4 Å². The van der Waals surface area contributed by atoms with Crippen molar-refractivity contribution < 1.29 is 44.4 Å². The number of anilines is 3. The summed E-state index contributed by atoms with van der Waals surface area (Å²) < 4.78 is 4.82. The maximum Gasteiger partial charge on any atom is 0.414 e. The minimum absolute atomic E-state index is 0. The molecule has 6 N–H and O–H groups in total. The third-order valence-corrected chi connectivity index (χ3v) is 7.53. The first-order valence-corrected chi connectivity index (χ1v) is 14.3. The lowest BCUT2D eigenvalue weighted by atomic mass is 9.99. The number of aliphatic carboxylic acids is 2. The van der Waals surface area contributed by atoms with E-state index in [0.717, 1.165) is 43.1 Å². The molecule has 5 rings (SSSR count). The Morgan fingerprint density at radius 3 is 2.09 bits per heavy atom. The molecule has 3 aromatic rings. The average Bonchev–Trinajstić information content (AvgIpc) is 3.39. The highest BCUT2D eigenvalue weighted by atomic mass is 16.5. The zero-order valence-electron chi connectivity index (χ0n) is 26.1.